The standard InChI is InChI=1S/C16H23BrN2O/c1-12-8-10-19(11-9-12)14-6-4-13(5-7-14)18-15(20)16(2,3)17/h4-7,12H,8-11H2,1-3H3,(H,18,20). The van der Waals surface area contributed by atoms with E-state index in [0.717, 1.165) is 24.7 Å². The van der Waals surface area contributed by atoms with Crippen molar-refractivity contribution in [1.82, 2.24) is 0 Å². The molecule has 20 heavy (non-hydrogen) atoms. The number of piperidine rings is 1. The number of amides is 1. The Balaban J connectivity index is 1.98. The Morgan fingerprint density at radius 1 is 1.25 bits per heavy atom. The van der Waals surface area contributed by atoms with Crippen molar-refractivity contribution in [3.05, 3.63) is 24.3 Å². The van der Waals surface area contributed by atoms with E-state index < -0.39 is 4.32 Å². The average molecular weight is 339 g/mol. The maximum Gasteiger partial charge on any atom is 0.240 e. The first-order chi connectivity index (χ1) is 9.36. The highest BCUT2D eigenvalue weighted by atomic mass is 79.9. The molecule has 1 aliphatic rings. The van der Waals surface area contributed by atoms with Crippen molar-refractivity contribution >= 4 is 33.2 Å². The lowest BCUT2D eigenvalue weighted by molar-refractivity contribution is -0.117. The van der Waals surface area contributed by atoms with E-state index in [4.69, 9.17) is 0 Å². The number of nitrogens with one attached hydrogen (secondary N) is 1. The molecule has 0 atom stereocenters. The van der Waals surface area contributed by atoms with Crippen LogP contribution in [0.1, 0.15) is 33.6 Å². The van der Waals surface area contributed by atoms with E-state index in [-0.39, 0.29) is 5.91 Å². The fourth-order valence-electron chi connectivity index (χ4n) is 2.30. The molecular formula is C16H23BrN2O. The van der Waals surface area contributed by atoms with Gasteiger partial charge in [0.15, 0.2) is 0 Å². The maximum atomic E-state index is 11.9. The van der Waals surface area contributed by atoms with E-state index in [9.17, 15) is 4.79 Å². The Hall–Kier alpha value is -1.03. The maximum absolute atomic E-state index is 11.9. The molecule has 1 aromatic rings. The molecular weight excluding hydrogens is 316 g/mol. The smallest absolute Gasteiger partial charge is 0.240 e. The van der Waals surface area contributed by atoms with Gasteiger partial charge in [0.25, 0.3) is 0 Å². The third-order valence-corrected chi connectivity index (χ3v) is 4.17. The van der Waals surface area contributed by atoms with Crippen molar-refractivity contribution in [2.45, 2.75) is 37.9 Å². The van der Waals surface area contributed by atoms with Gasteiger partial charge in [0.2, 0.25) is 5.91 Å². The van der Waals surface area contributed by atoms with E-state index in [2.05, 4.69) is 45.2 Å². The van der Waals surface area contributed by atoms with Gasteiger partial charge in [0.05, 0.1) is 4.32 Å². The van der Waals surface area contributed by atoms with Crippen LogP contribution in [0, 0.1) is 5.92 Å². The zero-order valence-corrected chi connectivity index (χ0v) is 14.0. The van der Waals surface area contributed by atoms with Crippen molar-refractivity contribution < 1.29 is 4.79 Å². The van der Waals surface area contributed by atoms with Gasteiger partial charge in [0.1, 0.15) is 0 Å². The van der Waals surface area contributed by atoms with Gasteiger partial charge in [-0.3, -0.25) is 4.79 Å². The second-order valence-electron chi connectivity index (χ2n) is 6.14. The lowest BCUT2D eigenvalue weighted by atomic mass is 9.99. The highest BCUT2D eigenvalue weighted by molar-refractivity contribution is 9.10. The molecule has 3 nitrogen and oxygen atoms in total. The molecule has 1 heterocycles. The molecule has 0 unspecified atom stereocenters. The van der Waals surface area contributed by atoms with E-state index in [1.54, 1.807) is 0 Å². The highest BCUT2D eigenvalue weighted by Gasteiger charge is 2.23. The summed E-state index contributed by atoms with van der Waals surface area (Å²) in [6.07, 6.45) is 2.52. The molecule has 1 amide bonds. The number of carbonyl (C=O) groups excluding carboxylic acids is 1. The fraction of sp³-hybridized carbons (Fsp3) is 0.562. The molecule has 0 aliphatic carbocycles. The number of benzene rings is 1. The predicted molar refractivity (Wildman–Crippen MR) is 88.7 cm³/mol. The number of anilines is 2. The first kappa shape index (κ1) is 15.4. The number of rotatable bonds is 3. The molecule has 0 saturated carbocycles. The Kier molecular flexibility index (Phi) is 4.74. The van der Waals surface area contributed by atoms with E-state index in [0.29, 0.717) is 0 Å². The van der Waals surface area contributed by atoms with Gasteiger partial charge in [0, 0.05) is 24.5 Å². The Morgan fingerprint density at radius 3 is 2.30 bits per heavy atom. The monoisotopic (exact) mass is 338 g/mol. The number of hydrogen-bond donors (Lipinski definition) is 1. The largest absolute Gasteiger partial charge is 0.372 e. The molecule has 0 bridgehead atoms. The van der Waals surface area contributed by atoms with Crippen LogP contribution < -0.4 is 10.2 Å². The third-order valence-electron chi connectivity index (χ3n) is 3.81. The minimum Gasteiger partial charge on any atom is -0.372 e. The van der Waals surface area contributed by atoms with Crippen molar-refractivity contribution in [2.24, 2.45) is 5.92 Å². The average Bonchev–Trinajstić information content (AvgIpc) is 2.39. The van der Waals surface area contributed by atoms with Crippen LogP contribution in [0.25, 0.3) is 0 Å². The van der Waals surface area contributed by atoms with E-state index >= 15 is 0 Å². The first-order valence-electron chi connectivity index (χ1n) is 7.21. The molecule has 1 N–H and O–H groups in total. The summed E-state index contributed by atoms with van der Waals surface area (Å²) >= 11 is 3.36. The van der Waals surface area contributed by atoms with Gasteiger partial charge < -0.3 is 10.2 Å². The quantitative estimate of drug-likeness (QED) is 0.843. The molecule has 110 valence electrons. The molecule has 0 aromatic heterocycles. The minimum absolute atomic E-state index is 0.0305. The van der Waals surface area contributed by atoms with Gasteiger partial charge >= 0.3 is 0 Å². The summed E-state index contributed by atoms with van der Waals surface area (Å²) < 4.78 is -0.547. The normalized spacial score (nSPS) is 17.1. The van der Waals surface area contributed by atoms with E-state index in [1.807, 2.05) is 26.0 Å². The molecule has 1 fully saturated rings. The third kappa shape index (κ3) is 3.98. The zero-order valence-electron chi connectivity index (χ0n) is 12.4. The molecule has 0 radical (unpaired) electrons. The molecule has 2 rings (SSSR count). The first-order valence-corrected chi connectivity index (χ1v) is 8.01. The summed E-state index contributed by atoms with van der Waals surface area (Å²) in [6.45, 7) is 8.25. The number of alkyl halides is 1. The number of nitrogens with zero attached hydrogens (tertiary/aromatic N) is 1. The lowest BCUT2D eigenvalue weighted by Gasteiger charge is -2.32. The van der Waals surface area contributed by atoms with Gasteiger partial charge in [-0.25, -0.2) is 0 Å². The van der Waals surface area contributed by atoms with Crippen LogP contribution in [0.15, 0.2) is 24.3 Å². The molecule has 1 saturated heterocycles. The number of hydrogen-bond acceptors (Lipinski definition) is 2. The SMILES string of the molecule is CC1CCN(c2ccc(NC(=O)C(C)(C)Br)cc2)CC1. The lowest BCUT2D eigenvalue weighted by Crippen LogP contribution is -2.33. The topological polar surface area (TPSA) is 32.3 Å². The van der Waals surface area contributed by atoms with Gasteiger partial charge in [-0.05, 0) is 56.9 Å². The Labute approximate surface area is 129 Å². The van der Waals surface area contributed by atoms with Gasteiger partial charge in [-0.2, -0.15) is 0 Å². The van der Waals surface area contributed by atoms with E-state index in [1.165, 1.54) is 18.5 Å². The highest BCUT2D eigenvalue weighted by Crippen LogP contribution is 2.25. The Morgan fingerprint density at radius 2 is 1.80 bits per heavy atom. The van der Waals surface area contributed by atoms with Crippen molar-refractivity contribution in [3.8, 4) is 0 Å². The van der Waals surface area contributed by atoms with Crippen LogP contribution >= 0.6 is 15.9 Å². The minimum atomic E-state index is -0.547. The van der Waals surface area contributed by atoms with Crippen LogP contribution in [-0.2, 0) is 4.79 Å². The number of carbonyl (C=O) groups is 1. The summed E-state index contributed by atoms with van der Waals surface area (Å²) in [5.41, 5.74) is 2.09. The molecule has 1 aromatic carbocycles. The van der Waals surface area contributed by atoms with Gasteiger partial charge in [-0.15, -0.1) is 0 Å². The summed E-state index contributed by atoms with van der Waals surface area (Å²) in [5.74, 6) is 0.808. The van der Waals surface area contributed by atoms with Crippen molar-refractivity contribution in [2.75, 3.05) is 23.3 Å². The van der Waals surface area contributed by atoms with Crippen LogP contribution in [0.4, 0.5) is 11.4 Å². The summed E-state index contributed by atoms with van der Waals surface area (Å²) in [5, 5.41) is 2.91. The summed E-state index contributed by atoms with van der Waals surface area (Å²) in [4.78, 5) is 14.3. The van der Waals surface area contributed by atoms with Crippen molar-refractivity contribution in [3.63, 3.8) is 0 Å². The fourth-order valence-corrected chi connectivity index (χ4v) is 2.40. The predicted octanol–water partition coefficient (Wildman–Crippen LogP) is 4.03. The van der Waals surface area contributed by atoms with Gasteiger partial charge in [-0.1, -0.05) is 22.9 Å². The van der Waals surface area contributed by atoms with Crippen LogP contribution in [0.2, 0.25) is 0 Å². The molecule has 0 spiro atoms. The second-order valence-corrected chi connectivity index (χ2v) is 8.13. The number of halogens is 1. The second kappa shape index (κ2) is 6.17. The Bertz CT molecular complexity index is 456. The van der Waals surface area contributed by atoms with Crippen LogP contribution in [0.3, 0.4) is 0 Å². The molecule has 1 aliphatic heterocycles. The van der Waals surface area contributed by atoms with Crippen LogP contribution in [0.5, 0.6) is 0 Å². The molecule has 4 heteroatoms. The summed E-state index contributed by atoms with van der Waals surface area (Å²) in [6, 6.07) is 8.13. The van der Waals surface area contributed by atoms with Crippen molar-refractivity contribution in [1.29, 1.82) is 0 Å². The summed E-state index contributed by atoms with van der Waals surface area (Å²) in [7, 11) is 0. The zero-order chi connectivity index (χ0) is 14.8. The van der Waals surface area contributed by atoms with Crippen LogP contribution in [-0.4, -0.2) is 23.3 Å².